The Balaban J connectivity index is 1.54. The van der Waals surface area contributed by atoms with Crippen LogP contribution in [-0.4, -0.2) is 26.7 Å². The number of hydrogen-bond acceptors (Lipinski definition) is 4. The van der Waals surface area contributed by atoms with Gasteiger partial charge in [0, 0.05) is 22.1 Å². The van der Waals surface area contributed by atoms with Gasteiger partial charge < -0.3 is 15.0 Å². The minimum atomic E-state index is -0.879. The molecule has 4 rings (SSSR count). The van der Waals surface area contributed by atoms with Gasteiger partial charge in [-0.3, -0.25) is 9.59 Å². The molecule has 30 heavy (non-hydrogen) atoms. The van der Waals surface area contributed by atoms with Crippen LogP contribution < -0.4 is 5.32 Å². The molecular formula is C22H16BrN3O3S. The normalized spacial score (nSPS) is 16.2. The van der Waals surface area contributed by atoms with Crippen molar-refractivity contribution in [1.29, 1.82) is 0 Å². The van der Waals surface area contributed by atoms with Crippen molar-refractivity contribution in [1.82, 2.24) is 9.88 Å². The van der Waals surface area contributed by atoms with Crippen molar-refractivity contribution in [3.05, 3.63) is 87.5 Å². The zero-order valence-electron chi connectivity index (χ0n) is 15.6. The number of nitrogens with one attached hydrogen (secondary N) is 1. The molecule has 0 aliphatic carbocycles. The van der Waals surface area contributed by atoms with Crippen molar-refractivity contribution in [3.63, 3.8) is 0 Å². The maximum atomic E-state index is 12.4. The first kappa shape index (κ1) is 20.2. The molecule has 1 fully saturated rings. The number of benzene rings is 2. The van der Waals surface area contributed by atoms with Gasteiger partial charge in [-0.25, -0.2) is 4.99 Å². The van der Waals surface area contributed by atoms with Crippen LogP contribution in [0.3, 0.4) is 0 Å². The predicted octanol–water partition coefficient (Wildman–Crippen LogP) is 4.76. The molecule has 2 N–H and O–H groups in total. The SMILES string of the molecule is O=C(O)Cc1ccc(N=C2NC(=O)/C(=C\c3cccn3-c3ccc(Br)cc3)S2)cc1. The lowest BCUT2D eigenvalue weighted by molar-refractivity contribution is -0.136. The van der Waals surface area contributed by atoms with Gasteiger partial charge in [0.1, 0.15) is 0 Å². The second-order valence-electron chi connectivity index (χ2n) is 6.50. The molecule has 1 saturated heterocycles. The summed E-state index contributed by atoms with van der Waals surface area (Å²) in [7, 11) is 0. The molecule has 0 bridgehead atoms. The van der Waals surface area contributed by atoms with Crippen molar-refractivity contribution >= 4 is 56.5 Å². The van der Waals surface area contributed by atoms with Gasteiger partial charge in [0.05, 0.1) is 17.0 Å². The van der Waals surface area contributed by atoms with Crippen LogP contribution in [0, 0.1) is 0 Å². The standard InChI is InChI=1S/C22H16BrN3O3S/c23-15-5-9-17(10-6-15)26-11-1-2-18(26)13-19-21(29)25-22(30-19)24-16-7-3-14(4-8-16)12-20(27)28/h1-11,13H,12H2,(H,27,28)(H,24,25,29)/b19-13+. The summed E-state index contributed by atoms with van der Waals surface area (Å²) < 4.78 is 3.00. The molecule has 0 unspecified atom stereocenters. The Morgan fingerprint density at radius 1 is 1.13 bits per heavy atom. The van der Waals surface area contributed by atoms with E-state index in [9.17, 15) is 9.59 Å². The fourth-order valence-corrected chi connectivity index (χ4v) is 4.03. The molecule has 2 heterocycles. The summed E-state index contributed by atoms with van der Waals surface area (Å²) in [5.41, 5.74) is 3.22. The largest absolute Gasteiger partial charge is 0.481 e. The third-order valence-electron chi connectivity index (χ3n) is 4.34. The molecule has 1 aliphatic rings. The number of aliphatic carboxylic acids is 1. The first-order valence-electron chi connectivity index (χ1n) is 9.01. The van der Waals surface area contributed by atoms with Gasteiger partial charge in [-0.05, 0) is 71.9 Å². The molecule has 1 amide bonds. The summed E-state index contributed by atoms with van der Waals surface area (Å²) in [5.74, 6) is -1.08. The highest BCUT2D eigenvalue weighted by Crippen LogP contribution is 2.29. The monoisotopic (exact) mass is 481 g/mol. The number of nitrogens with zero attached hydrogens (tertiary/aromatic N) is 2. The number of amides is 1. The summed E-state index contributed by atoms with van der Waals surface area (Å²) in [6, 6.07) is 18.7. The molecule has 6 nitrogen and oxygen atoms in total. The van der Waals surface area contributed by atoms with E-state index >= 15 is 0 Å². The molecule has 0 spiro atoms. The van der Waals surface area contributed by atoms with Gasteiger partial charge in [0.15, 0.2) is 5.17 Å². The minimum Gasteiger partial charge on any atom is -0.481 e. The molecule has 2 aromatic carbocycles. The maximum absolute atomic E-state index is 12.4. The van der Waals surface area contributed by atoms with Gasteiger partial charge in [0.2, 0.25) is 0 Å². The van der Waals surface area contributed by atoms with Crippen LogP contribution in [-0.2, 0) is 16.0 Å². The number of carboxylic acid groups (broad SMARTS) is 1. The van der Waals surface area contributed by atoms with Crippen LogP contribution in [0.15, 0.2) is 81.2 Å². The van der Waals surface area contributed by atoms with Gasteiger partial charge in [-0.2, -0.15) is 0 Å². The zero-order valence-corrected chi connectivity index (χ0v) is 18.0. The van der Waals surface area contributed by atoms with E-state index in [0.717, 1.165) is 15.9 Å². The number of aromatic nitrogens is 1. The summed E-state index contributed by atoms with van der Waals surface area (Å²) in [6.45, 7) is 0. The Morgan fingerprint density at radius 2 is 1.87 bits per heavy atom. The highest BCUT2D eigenvalue weighted by Gasteiger charge is 2.24. The number of carboxylic acids is 1. The number of amidine groups is 1. The van der Waals surface area contributed by atoms with Crippen molar-refractivity contribution in [2.45, 2.75) is 6.42 Å². The third-order valence-corrected chi connectivity index (χ3v) is 5.78. The Morgan fingerprint density at radius 3 is 2.57 bits per heavy atom. The Kier molecular flexibility index (Phi) is 5.87. The number of hydrogen-bond donors (Lipinski definition) is 2. The number of halogens is 1. The number of carbonyl (C=O) groups excluding carboxylic acids is 1. The Bertz CT molecular complexity index is 1170. The van der Waals surface area contributed by atoms with Gasteiger partial charge in [-0.1, -0.05) is 28.1 Å². The van der Waals surface area contributed by atoms with E-state index < -0.39 is 5.97 Å². The lowest BCUT2D eigenvalue weighted by Crippen LogP contribution is -2.19. The van der Waals surface area contributed by atoms with E-state index in [4.69, 9.17) is 5.11 Å². The van der Waals surface area contributed by atoms with E-state index in [1.165, 1.54) is 11.8 Å². The van der Waals surface area contributed by atoms with Crippen LogP contribution in [0.4, 0.5) is 5.69 Å². The fraction of sp³-hybridized carbons (Fsp3) is 0.0455. The fourth-order valence-electron chi connectivity index (χ4n) is 2.94. The van der Waals surface area contributed by atoms with Crippen molar-refractivity contribution in [2.75, 3.05) is 0 Å². The van der Waals surface area contributed by atoms with Gasteiger partial charge in [-0.15, -0.1) is 0 Å². The number of carbonyl (C=O) groups is 2. The average Bonchev–Trinajstić information content (AvgIpc) is 3.30. The van der Waals surface area contributed by atoms with Crippen LogP contribution in [0.1, 0.15) is 11.3 Å². The number of aliphatic imine (C=N–C) groups is 1. The molecule has 8 heteroatoms. The van der Waals surface area contributed by atoms with E-state index in [2.05, 4.69) is 26.2 Å². The van der Waals surface area contributed by atoms with E-state index in [-0.39, 0.29) is 12.3 Å². The zero-order chi connectivity index (χ0) is 21.1. The van der Waals surface area contributed by atoms with Crippen molar-refractivity contribution < 1.29 is 14.7 Å². The summed E-state index contributed by atoms with van der Waals surface area (Å²) in [6.07, 6.45) is 3.74. The lowest BCUT2D eigenvalue weighted by atomic mass is 10.1. The molecule has 1 aromatic heterocycles. The maximum Gasteiger partial charge on any atom is 0.307 e. The molecule has 3 aromatic rings. The Labute approximate surface area is 185 Å². The third kappa shape index (κ3) is 4.72. The van der Waals surface area contributed by atoms with Gasteiger partial charge >= 0.3 is 5.97 Å². The van der Waals surface area contributed by atoms with Crippen molar-refractivity contribution in [2.24, 2.45) is 4.99 Å². The summed E-state index contributed by atoms with van der Waals surface area (Å²) in [5, 5.41) is 12.1. The van der Waals surface area contributed by atoms with Crippen molar-refractivity contribution in [3.8, 4) is 5.69 Å². The quantitative estimate of drug-likeness (QED) is 0.514. The molecule has 0 saturated carbocycles. The average molecular weight is 482 g/mol. The molecule has 0 radical (unpaired) electrons. The summed E-state index contributed by atoms with van der Waals surface area (Å²) in [4.78, 5) is 28.2. The molecule has 0 atom stereocenters. The van der Waals surface area contributed by atoms with E-state index in [0.29, 0.717) is 21.3 Å². The Hall–Kier alpha value is -3.10. The molecule has 1 aliphatic heterocycles. The van der Waals surface area contributed by atoms with Crippen LogP contribution in [0.2, 0.25) is 0 Å². The number of thioether (sulfide) groups is 1. The predicted molar refractivity (Wildman–Crippen MR) is 122 cm³/mol. The highest BCUT2D eigenvalue weighted by atomic mass is 79.9. The molecule has 150 valence electrons. The van der Waals surface area contributed by atoms with Gasteiger partial charge in [0.25, 0.3) is 5.91 Å². The first-order valence-corrected chi connectivity index (χ1v) is 10.6. The van der Waals surface area contributed by atoms with Crippen LogP contribution >= 0.6 is 27.7 Å². The van der Waals surface area contributed by atoms with Crippen LogP contribution in [0.25, 0.3) is 11.8 Å². The van der Waals surface area contributed by atoms with E-state index in [1.807, 2.05) is 53.2 Å². The minimum absolute atomic E-state index is 0.0345. The van der Waals surface area contributed by atoms with E-state index in [1.54, 1.807) is 24.3 Å². The van der Waals surface area contributed by atoms with Crippen LogP contribution in [0.5, 0.6) is 0 Å². The first-order chi connectivity index (χ1) is 14.5. The second kappa shape index (κ2) is 8.73. The second-order valence-corrected chi connectivity index (χ2v) is 8.44. The summed E-state index contributed by atoms with van der Waals surface area (Å²) >= 11 is 4.71. The highest BCUT2D eigenvalue weighted by molar-refractivity contribution is 9.10. The smallest absolute Gasteiger partial charge is 0.307 e. The molecular weight excluding hydrogens is 466 g/mol. The topological polar surface area (TPSA) is 83.7 Å². The number of rotatable bonds is 5. The lowest BCUT2D eigenvalue weighted by Gasteiger charge is -2.07.